The second-order valence-electron chi connectivity index (χ2n) is 5.77. The Labute approximate surface area is 182 Å². The van der Waals surface area contributed by atoms with Crippen molar-refractivity contribution >= 4 is 45.6 Å². The van der Waals surface area contributed by atoms with Gasteiger partial charge in [0.05, 0.1) is 16.5 Å². The molecule has 11 heteroatoms. The van der Waals surface area contributed by atoms with Crippen LogP contribution in [0.1, 0.15) is 5.56 Å². The number of carbonyl (C=O) groups is 1. The summed E-state index contributed by atoms with van der Waals surface area (Å²) in [6.07, 6.45) is 0. The third-order valence-corrected chi connectivity index (χ3v) is 4.28. The molecule has 0 bridgehead atoms. The smallest absolute Gasteiger partial charge is 0.269 e. The van der Waals surface area contributed by atoms with Gasteiger partial charge in [-0.2, -0.15) is 0 Å². The van der Waals surface area contributed by atoms with Gasteiger partial charge in [-0.15, -0.1) is 12.4 Å². The average Bonchev–Trinajstić information content (AvgIpc) is 2.66. The van der Waals surface area contributed by atoms with Gasteiger partial charge >= 0.3 is 0 Å². The summed E-state index contributed by atoms with van der Waals surface area (Å²) in [5.74, 6) is 0.349. The Bertz CT molecular complexity index is 836. The summed E-state index contributed by atoms with van der Waals surface area (Å²) in [7, 11) is 1.52. The van der Waals surface area contributed by atoms with E-state index in [9.17, 15) is 14.9 Å². The molecule has 0 saturated heterocycles. The normalized spacial score (nSPS) is 10.0. The highest BCUT2D eigenvalue weighted by Crippen LogP contribution is 2.36. The van der Waals surface area contributed by atoms with E-state index in [0.29, 0.717) is 35.6 Å². The first-order valence-electron chi connectivity index (χ1n) is 8.37. The highest BCUT2D eigenvalue weighted by Gasteiger charge is 2.12. The van der Waals surface area contributed by atoms with Gasteiger partial charge in [-0.1, -0.05) is 0 Å². The molecular formula is C18H22BrClN4O5. The number of anilines is 1. The monoisotopic (exact) mass is 488 g/mol. The quantitative estimate of drug-likeness (QED) is 0.251. The second-order valence-corrected chi connectivity index (χ2v) is 6.63. The topological polar surface area (TPSA) is 129 Å². The lowest BCUT2D eigenvalue weighted by Crippen LogP contribution is -2.22. The fourth-order valence-electron chi connectivity index (χ4n) is 2.39. The molecule has 2 aromatic rings. The molecule has 0 aliphatic carbocycles. The molecule has 0 fully saturated rings. The molecule has 2 aromatic carbocycles. The number of nitrogens with zero attached hydrogens (tertiary/aromatic N) is 1. The molecule has 1 amide bonds. The first kappa shape index (κ1) is 24.5. The maximum Gasteiger partial charge on any atom is 0.269 e. The van der Waals surface area contributed by atoms with E-state index in [1.807, 2.05) is 12.1 Å². The number of hydrogen-bond acceptors (Lipinski definition) is 7. The molecule has 0 heterocycles. The molecule has 0 aliphatic rings. The first-order valence-corrected chi connectivity index (χ1v) is 9.16. The molecule has 0 spiro atoms. The van der Waals surface area contributed by atoms with Gasteiger partial charge in [-0.05, 0) is 45.8 Å². The van der Waals surface area contributed by atoms with Gasteiger partial charge in [0, 0.05) is 37.5 Å². The zero-order valence-corrected chi connectivity index (χ0v) is 18.0. The van der Waals surface area contributed by atoms with Crippen LogP contribution in [0.3, 0.4) is 0 Å². The minimum atomic E-state index is -0.569. The molecule has 0 unspecified atom stereocenters. The van der Waals surface area contributed by atoms with Crippen LogP contribution in [0.25, 0.3) is 0 Å². The fourth-order valence-corrected chi connectivity index (χ4v) is 2.99. The lowest BCUT2D eigenvalue weighted by molar-refractivity contribution is -0.384. The van der Waals surface area contributed by atoms with Crippen molar-refractivity contribution in [3.63, 3.8) is 0 Å². The maximum absolute atomic E-state index is 10.9. The minimum absolute atomic E-state index is 0. The highest BCUT2D eigenvalue weighted by atomic mass is 79.9. The van der Waals surface area contributed by atoms with Crippen LogP contribution in [0.4, 0.5) is 11.4 Å². The van der Waals surface area contributed by atoms with Gasteiger partial charge in [0.15, 0.2) is 18.1 Å². The molecule has 9 nitrogen and oxygen atoms in total. The van der Waals surface area contributed by atoms with E-state index in [1.54, 1.807) is 12.1 Å². The first-order chi connectivity index (χ1) is 13.4. The summed E-state index contributed by atoms with van der Waals surface area (Å²) in [5, 5.41) is 17.1. The Morgan fingerprint density at radius 1 is 1.24 bits per heavy atom. The van der Waals surface area contributed by atoms with E-state index in [-0.39, 0.29) is 24.7 Å². The lowest BCUT2D eigenvalue weighted by atomic mass is 10.2. The Kier molecular flexibility index (Phi) is 10.2. The predicted octanol–water partition coefficient (Wildman–Crippen LogP) is 2.85. The molecule has 4 N–H and O–H groups in total. The van der Waals surface area contributed by atoms with Crippen LogP contribution in [0, 0.1) is 10.1 Å². The van der Waals surface area contributed by atoms with Crippen molar-refractivity contribution in [1.29, 1.82) is 0 Å². The number of amides is 1. The van der Waals surface area contributed by atoms with Crippen LogP contribution in [-0.4, -0.2) is 37.6 Å². The van der Waals surface area contributed by atoms with E-state index >= 15 is 0 Å². The highest BCUT2D eigenvalue weighted by molar-refractivity contribution is 9.10. The van der Waals surface area contributed by atoms with Crippen molar-refractivity contribution in [2.45, 2.75) is 6.54 Å². The fraction of sp³-hybridized carbons (Fsp3) is 0.278. The summed E-state index contributed by atoms with van der Waals surface area (Å²) in [6, 6.07) is 9.95. The zero-order chi connectivity index (χ0) is 20.5. The molecule has 0 radical (unpaired) electrons. The van der Waals surface area contributed by atoms with Crippen molar-refractivity contribution in [1.82, 2.24) is 5.32 Å². The largest absolute Gasteiger partial charge is 0.493 e. The predicted molar refractivity (Wildman–Crippen MR) is 116 cm³/mol. The molecule has 0 atom stereocenters. The average molecular weight is 490 g/mol. The van der Waals surface area contributed by atoms with E-state index in [4.69, 9.17) is 15.2 Å². The van der Waals surface area contributed by atoms with Crippen molar-refractivity contribution < 1.29 is 19.2 Å². The lowest BCUT2D eigenvalue weighted by Gasteiger charge is -2.14. The van der Waals surface area contributed by atoms with E-state index in [2.05, 4.69) is 26.6 Å². The van der Waals surface area contributed by atoms with Crippen LogP contribution in [0.5, 0.6) is 11.5 Å². The number of nitro groups is 1. The summed E-state index contributed by atoms with van der Waals surface area (Å²) in [6.45, 7) is 1.68. The van der Waals surface area contributed by atoms with Gasteiger partial charge in [-0.25, -0.2) is 0 Å². The van der Waals surface area contributed by atoms with Crippen LogP contribution in [0.15, 0.2) is 40.9 Å². The molecule has 0 aromatic heterocycles. The van der Waals surface area contributed by atoms with E-state index in [0.717, 1.165) is 11.3 Å². The number of non-ortho nitro benzene ring substituents is 1. The summed E-state index contributed by atoms with van der Waals surface area (Å²) in [4.78, 5) is 21.1. The van der Waals surface area contributed by atoms with E-state index in [1.165, 1.54) is 19.2 Å². The number of benzene rings is 2. The van der Waals surface area contributed by atoms with Gasteiger partial charge in [-0.3, -0.25) is 14.9 Å². The van der Waals surface area contributed by atoms with Crippen LogP contribution in [0.2, 0.25) is 0 Å². The van der Waals surface area contributed by atoms with Crippen LogP contribution < -0.4 is 25.8 Å². The molecule has 2 rings (SSSR count). The van der Waals surface area contributed by atoms with Crippen molar-refractivity contribution in [3.8, 4) is 11.5 Å². The van der Waals surface area contributed by atoms with Gasteiger partial charge < -0.3 is 25.8 Å². The molecule has 29 heavy (non-hydrogen) atoms. The minimum Gasteiger partial charge on any atom is -0.493 e. The van der Waals surface area contributed by atoms with Crippen molar-refractivity contribution in [2.75, 3.05) is 32.1 Å². The second kappa shape index (κ2) is 12.1. The Morgan fingerprint density at radius 2 is 1.93 bits per heavy atom. The number of carbonyl (C=O) groups excluding carboxylic acids is 1. The molecule has 0 saturated carbocycles. The van der Waals surface area contributed by atoms with Crippen molar-refractivity contribution in [3.05, 3.63) is 56.5 Å². The van der Waals surface area contributed by atoms with Crippen LogP contribution in [-0.2, 0) is 11.3 Å². The Morgan fingerprint density at radius 3 is 2.52 bits per heavy atom. The molecule has 158 valence electrons. The van der Waals surface area contributed by atoms with Gasteiger partial charge in [0.1, 0.15) is 0 Å². The number of ether oxygens (including phenoxy) is 2. The summed E-state index contributed by atoms with van der Waals surface area (Å²) < 4.78 is 11.3. The van der Waals surface area contributed by atoms with Crippen molar-refractivity contribution in [2.24, 2.45) is 5.73 Å². The molecular weight excluding hydrogens is 468 g/mol. The van der Waals surface area contributed by atoms with Gasteiger partial charge in [0.25, 0.3) is 11.6 Å². The number of hydrogen-bond donors (Lipinski definition) is 3. The van der Waals surface area contributed by atoms with E-state index < -0.39 is 10.8 Å². The number of methoxy groups -OCH3 is 1. The third kappa shape index (κ3) is 7.76. The SMILES string of the molecule is COc1cc(CNCCNc2ccc([N+](=O)[O-])cc2)cc(Br)c1OCC(N)=O.Cl. The Balaban J connectivity index is 0.00000420. The molecule has 0 aliphatic heterocycles. The summed E-state index contributed by atoms with van der Waals surface area (Å²) >= 11 is 3.41. The standard InChI is InChI=1S/C18H21BrN4O5.ClH/c1-27-16-9-12(8-15(19)18(16)28-11-17(20)24)10-21-6-7-22-13-2-4-14(5-3-13)23(25)26;/h2-5,8-9,21-22H,6-7,10-11H2,1H3,(H2,20,24);1H. The summed E-state index contributed by atoms with van der Waals surface area (Å²) in [5.41, 5.74) is 6.94. The number of primary amides is 1. The number of nitrogens with one attached hydrogen (secondary N) is 2. The maximum atomic E-state index is 10.9. The zero-order valence-electron chi connectivity index (χ0n) is 15.6. The Hall–Kier alpha value is -2.56. The van der Waals surface area contributed by atoms with Gasteiger partial charge in [0.2, 0.25) is 0 Å². The third-order valence-electron chi connectivity index (χ3n) is 3.69. The number of nitro benzene ring substituents is 1. The number of nitrogens with two attached hydrogens (primary N) is 1. The number of rotatable bonds is 11. The number of halogens is 2. The van der Waals surface area contributed by atoms with Crippen LogP contribution >= 0.6 is 28.3 Å².